The molecule has 8 heteroatoms. The van der Waals surface area contributed by atoms with E-state index in [2.05, 4.69) is 15.5 Å². The highest BCUT2D eigenvalue weighted by Crippen LogP contribution is 2.32. The number of nitrogens with one attached hydrogen (secondary N) is 1. The van der Waals surface area contributed by atoms with Crippen molar-refractivity contribution in [2.75, 3.05) is 16.9 Å². The number of hydrogen-bond donors (Lipinski definition) is 3. The maximum atomic E-state index is 12.0. The lowest BCUT2D eigenvalue weighted by Gasteiger charge is -2.20. The van der Waals surface area contributed by atoms with Crippen molar-refractivity contribution in [3.05, 3.63) is 30.1 Å². The summed E-state index contributed by atoms with van der Waals surface area (Å²) in [5.74, 6) is 7.38. The molecule has 4 N–H and O–H groups in total. The summed E-state index contributed by atoms with van der Waals surface area (Å²) >= 11 is 1.25. The van der Waals surface area contributed by atoms with Crippen LogP contribution in [0, 0.1) is 0 Å². The molecule has 24 heavy (non-hydrogen) atoms. The number of thioether (sulfide) groups is 1. The molecule has 1 saturated carbocycles. The molecule has 0 radical (unpaired) electrons. The standard InChI is InChI=1S/C16H21N5O2S/c17-21-15(11-5-2-1-3-6-11)19-20-16(21)24-10-14(23)18-12-7-4-8-13(22)9-12/h4,7-9,11,22H,1-3,5-6,10,17H2,(H,18,23). The van der Waals surface area contributed by atoms with Crippen LogP contribution in [0.4, 0.5) is 5.69 Å². The number of anilines is 1. The fourth-order valence-corrected chi connectivity index (χ4v) is 3.60. The third kappa shape index (κ3) is 4.00. The van der Waals surface area contributed by atoms with Gasteiger partial charge < -0.3 is 16.3 Å². The molecule has 0 unspecified atom stereocenters. The van der Waals surface area contributed by atoms with Crippen LogP contribution in [0.15, 0.2) is 29.4 Å². The highest BCUT2D eigenvalue weighted by atomic mass is 32.2. The summed E-state index contributed by atoms with van der Waals surface area (Å²) in [5.41, 5.74) is 0.553. The topological polar surface area (TPSA) is 106 Å². The Bertz CT molecular complexity index is 712. The Labute approximate surface area is 144 Å². The second-order valence-electron chi connectivity index (χ2n) is 5.93. The van der Waals surface area contributed by atoms with Gasteiger partial charge in [-0.1, -0.05) is 37.1 Å². The molecule has 0 aliphatic heterocycles. The number of benzene rings is 1. The predicted octanol–water partition coefficient (Wildman–Crippen LogP) is 2.48. The predicted molar refractivity (Wildman–Crippen MR) is 93.5 cm³/mol. The Morgan fingerprint density at radius 2 is 2.12 bits per heavy atom. The summed E-state index contributed by atoms with van der Waals surface area (Å²) in [6, 6.07) is 6.43. The minimum atomic E-state index is -0.187. The SMILES string of the molecule is Nn1c(SCC(=O)Nc2cccc(O)c2)nnc1C1CCCCC1. The van der Waals surface area contributed by atoms with Crippen LogP contribution in [0.2, 0.25) is 0 Å². The fraction of sp³-hybridized carbons (Fsp3) is 0.438. The number of amides is 1. The number of rotatable bonds is 5. The van der Waals surface area contributed by atoms with Crippen molar-refractivity contribution in [3.63, 3.8) is 0 Å². The van der Waals surface area contributed by atoms with Gasteiger partial charge in [0.15, 0.2) is 5.82 Å². The Hall–Kier alpha value is -2.22. The highest BCUT2D eigenvalue weighted by molar-refractivity contribution is 7.99. The molecular weight excluding hydrogens is 326 g/mol. The lowest BCUT2D eigenvalue weighted by atomic mass is 9.89. The van der Waals surface area contributed by atoms with Gasteiger partial charge in [-0.2, -0.15) is 0 Å². The first-order valence-electron chi connectivity index (χ1n) is 8.05. The summed E-state index contributed by atoms with van der Waals surface area (Å²) in [4.78, 5) is 12.0. The smallest absolute Gasteiger partial charge is 0.234 e. The molecular formula is C16H21N5O2S. The Kier molecular flexibility index (Phi) is 5.24. The van der Waals surface area contributed by atoms with E-state index in [9.17, 15) is 9.90 Å². The molecule has 1 aliphatic rings. The van der Waals surface area contributed by atoms with Crippen LogP contribution < -0.4 is 11.2 Å². The number of nitrogens with zero attached hydrogens (tertiary/aromatic N) is 3. The third-order valence-electron chi connectivity index (χ3n) is 4.12. The van der Waals surface area contributed by atoms with Crippen LogP contribution in [-0.4, -0.2) is 31.6 Å². The zero-order valence-corrected chi connectivity index (χ0v) is 14.1. The van der Waals surface area contributed by atoms with Crippen molar-refractivity contribution in [2.24, 2.45) is 0 Å². The lowest BCUT2D eigenvalue weighted by molar-refractivity contribution is -0.113. The van der Waals surface area contributed by atoms with Gasteiger partial charge in [-0.25, -0.2) is 4.68 Å². The molecule has 2 aromatic rings. The van der Waals surface area contributed by atoms with Gasteiger partial charge in [-0.05, 0) is 25.0 Å². The molecule has 7 nitrogen and oxygen atoms in total. The number of phenols is 1. The van der Waals surface area contributed by atoms with E-state index in [1.807, 2.05) is 0 Å². The average Bonchev–Trinajstić information content (AvgIpc) is 2.94. The second-order valence-corrected chi connectivity index (χ2v) is 6.88. The maximum Gasteiger partial charge on any atom is 0.234 e. The molecule has 1 heterocycles. The van der Waals surface area contributed by atoms with Crippen LogP contribution >= 0.6 is 11.8 Å². The van der Waals surface area contributed by atoms with Crippen molar-refractivity contribution in [3.8, 4) is 5.75 Å². The number of phenolic OH excluding ortho intramolecular Hbond substituents is 1. The van der Waals surface area contributed by atoms with Gasteiger partial charge >= 0.3 is 0 Å². The summed E-state index contributed by atoms with van der Waals surface area (Å²) in [7, 11) is 0. The van der Waals surface area contributed by atoms with Gasteiger partial charge in [-0.15, -0.1) is 10.2 Å². The van der Waals surface area contributed by atoms with Gasteiger partial charge in [0.2, 0.25) is 11.1 Å². The Morgan fingerprint density at radius 1 is 1.33 bits per heavy atom. The fourth-order valence-electron chi connectivity index (χ4n) is 2.94. The van der Waals surface area contributed by atoms with Crippen molar-refractivity contribution in [2.45, 2.75) is 43.2 Å². The van der Waals surface area contributed by atoms with E-state index in [0.29, 0.717) is 16.8 Å². The molecule has 0 spiro atoms. The van der Waals surface area contributed by atoms with Gasteiger partial charge in [-0.3, -0.25) is 4.79 Å². The molecule has 0 atom stereocenters. The number of aromatic hydroxyl groups is 1. The van der Waals surface area contributed by atoms with Crippen LogP contribution in [0.3, 0.4) is 0 Å². The van der Waals surface area contributed by atoms with E-state index < -0.39 is 0 Å². The largest absolute Gasteiger partial charge is 0.508 e. The molecule has 1 aromatic carbocycles. The molecule has 1 aliphatic carbocycles. The van der Waals surface area contributed by atoms with Crippen molar-refractivity contribution in [1.29, 1.82) is 0 Å². The normalized spacial score (nSPS) is 15.3. The molecule has 0 saturated heterocycles. The number of carbonyl (C=O) groups excluding carboxylic acids is 1. The number of nitrogens with two attached hydrogens (primary N) is 1. The van der Waals surface area contributed by atoms with Crippen molar-refractivity contribution < 1.29 is 9.90 Å². The van der Waals surface area contributed by atoms with Crippen LogP contribution in [0.25, 0.3) is 0 Å². The van der Waals surface area contributed by atoms with Crippen LogP contribution in [-0.2, 0) is 4.79 Å². The minimum Gasteiger partial charge on any atom is -0.508 e. The monoisotopic (exact) mass is 347 g/mol. The van der Waals surface area contributed by atoms with Crippen molar-refractivity contribution in [1.82, 2.24) is 14.9 Å². The molecule has 1 amide bonds. The van der Waals surface area contributed by atoms with E-state index in [4.69, 9.17) is 5.84 Å². The summed E-state index contributed by atoms with van der Waals surface area (Å²) in [5, 5.41) is 21.0. The molecule has 128 valence electrons. The number of aromatic nitrogens is 3. The van der Waals surface area contributed by atoms with Crippen molar-refractivity contribution >= 4 is 23.4 Å². The summed E-state index contributed by atoms with van der Waals surface area (Å²) < 4.78 is 1.52. The zero-order chi connectivity index (χ0) is 16.9. The highest BCUT2D eigenvalue weighted by Gasteiger charge is 2.22. The Morgan fingerprint density at radius 3 is 2.88 bits per heavy atom. The first kappa shape index (κ1) is 16.6. The first-order chi connectivity index (χ1) is 11.6. The number of nitrogen functional groups attached to an aromatic ring is 1. The van der Waals surface area contributed by atoms with Gasteiger partial charge in [0.25, 0.3) is 0 Å². The van der Waals surface area contributed by atoms with E-state index >= 15 is 0 Å². The van der Waals surface area contributed by atoms with Gasteiger partial charge in [0, 0.05) is 17.7 Å². The lowest BCUT2D eigenvalue weighted by Crippen LogP contribution is -2.19. The zero-order valence-electron chi connectivity index (χ0n) is 13.3. The van der Waals surface area contributed by atoms with Crippen LogP contribution in [0.5, 0.6) is 5.75 Å². The average molecular weight is 347 g/mol. The third-order valence-corrected chi connectivity index (χ3v) is 5.07. The van der Waals surface area contributed by atoms with E-state index in [1.165, 1.54) is 41.8 Å². The molecule has 3 rings (SSSR count). The Balaban J connectivity index is 1.56. The molecule has 1 fully saturated rings. The summed E-state index contributed by atoms with van der Waals surface area (Å²) in [6.07, 6.45) is 5.86. The second kappa shape index (κ2) is 7.57. The first-order valence-corrected chi connectivity index (χ1v) is 9.04. The quantitative estimate of drug-likeness (QED) is 0.567. The molecule has 0 bridgehead atoms. The van der Waals surface area contributed by atoms with Crippen LogP contribution in [0.1, 0.15) is 43.8 Å². The molecule has 1 aromatic heterocycles. The minimum absolute atomic E-state index is 0.110. The number of carbonyl (C=O) groups is 1. The van der Waals surface area contributed by atoms with E-state index in [0.717, 1.165) is 18.7 Å². The van der Waals surface area contributed by atoms with E-state index in [-0.39, 0.29) is 17.4 Å². The van der Waals surface area contributed by atoms with Gasteiger partial charge in [0.05, 0.1) is 5.75 Å². The van der Waals surface area contributed by atoms with E-state index in [1.54, 1.807) is 18.2 Å². The van der Waals surface area contributed by atoms with Gasteiger partial charge in [0.1, 0.15) is 5.75 Å². The summed E-state index contributed by atoms with van der Waals surface area (Å²) in [6.45, 7) is 0. The maximum absolute atomic E-state index is 12.0. The number of hydrogen-bond acceptors (Lipinski definition) is 6.